The lowest BCUT2D eigenvalue weighted by Gasteiger charge is -2.06. The molecule has 0 N–H and O–H groups in total. The molecule has 2 rings (SSSR count). The monoisotopic (exact) mass is 188 g/mol. The van der Waals surface area contributed by atoms with Crippen LogP contribution in [0.1, 0.15) is 19.9 Å². The molecular formula is C10H12N4. The summed E-state index contributed by atoms with van der Waals surface area (Å²) in [6.45, 7) is 7.67. The van der Waals surface area contributed by atoms with E-state index >= 15 is 0 Å². The molecule has 2 aromatic rings. The van der Waals surface area contributed by atoms with Gasteiger partial charge < -0.3 is 0 Å². The lowest BCUT2D eigenvalue weighted by molar-refractivity contribution is 0.530. The molecule has 0 aliphatic rings. The SMILES string of the molecule is C=Nc1cccc2nnn(C(C)C)c12. The molecular weight excluding hydrogens is 176 g/mol. The van der Waals surface area contributed by atoms with Crippen molar-refractivity contribution in [3.8, 4) is 0 Å². The van der Waals surface area contributed by atoms with E-state index in [0.717, 1.165) is 16.7 Å². The van der Waals surface area contributed by atoms with Crippen LogP contribution in [-0.2, 0) is 0 Å². The highest BCUT2D eigenvalue weighted by molar-refractivity contribution is 5.86. The zero-order valence-corrected chi connectivity index (χ0v) is 8.31. The largest absolute Gasteiger partial charge is 0.262 e. The van der Waals surface area contributed by atoms with E-state index < -0.39 is 0 Å². The van der Waals surface area contributed by atoms with Gasteiger partial charge in [0.2, 0.25) is 0 Å². The third-order valence-electron chi connectivity index (χ3n) is 2.13. The number of rotatable bonds is 2. The average Bonchev–Trinajstić information content (AvgIpc) is 2.60. The van der Waals surface area contributed by atoms with Crippen LogP contribution < -0.4 is 0 Å². The van der Waals surface area contributed by atoms with Crippen LogP contribution in [0.3, 0.4) is 0 Å². The van der Waals surface area contributed by atoms with Gasteiger partial charge in [-0.25, -0.2) is 4.68 Å². The Balaban J connectivity index is 2.80. The van der Waals surface area contributed by atoms with Gasteiger partial charge in [-0.3, -0.25) is 4.99 Å². The fourth-order valence-corrected chi connectivity index (χ4v) is 1.47. The van der Waals surface area contributed by atoms with Gasteiger partial charge in [-0.1, -0.05) is 11.3 Å². The summed E-state index contributed by atoms with van der Waals surface area (Å²) < 4.78 is 1.86. The molecule has 0 radical (unpaired) electrons. The average molecular weight is 188 g/mol. The van der Waals surface area contributed by atoms with Crippen LogP contribution in [0.15, 0.2) is 23.2 Å². The summed E-state index contributed by atoms with van der Waals surface area (Å²) in [5.74, 6) is 0. The van der Waals surface area contributed by atoms with E-state index in [4.69, 9.17) is 0 Å². The van der Waals surface area contributed by atoms with Crippen LogP contribution in [0, 0.1) is 0 Å². The maximum Gasteiger partial charge on any atom is 0.115 e. The third-order valence-corrected chi connectivity index (χ3v) is 2.13. The number of hydrogen-bond acceptors (Lipinski definition) is 3. The van der Waals surface area contributed by atoms with E-state index in [1.54, 1.807) is 0 Å². The number of nitrogens with zero attached hydrogens (tertiary/aromatic N) is 4. The first-order valence-electron chi connectivity index (χ1n) is 4.54. The second-order valence-corrected chi connectivity index (χ2v) is 3.43. The highest BCUT2D eigenvalue weighted by Gasteiger charge is 2.10. The molecule has 0 spiro atoms. The van der Waals surface area contributed by atoms with Gasteiger partial charge in [0.1, 0.15) is 11.0 Å². The van der Waals surface area contributed by atoms with E-state index in [9.17, 15) is 0 Å². The molecule has 0 saturated carbocycles. The lowest BCUT2D eigenvalue weighted by Crippen LogP contribution is -2.02. The second-order valence-electron chi connectivity index (χ2n) is 3.43. The highest BCUT2D eigenvalue weighted by atomic mass is 15.4. The quantitative estimate of drug-likeness (QED) is 0.679. The maximum absolute atomic E-state index is 4.08. The molecule has 1 aromatic carbocycles. The van der Waals surface area contributed by atoms with E-state index in [1.165, 1.54) is 0 Å². The molecule has 14 heavy (non-hydrogen) atoms. The molecule has 0 bridgehead atoms. The second kappa shape index (κ2) is 3.21. The van der Waals surface area contributed by atoms with Crippen molar-refractivity contribution in [3.63, 3.8) is 0 Å². The Bertz CT molecular complexity index is 470. The molecule has 72 valence electrons. The summed E-state index contributed by atoms with van der Waals surface area (Å²) in [4.78, 5) is 3.96. The Morgan fingerprint density at radius 2 is 2.21 bits per heavy atom. The minimum Gasteiger partial charge on any atom is -0.262 e. The molecule has 0 fully saturated rings. The molecule has 0 saturated heterocycles. The number of hydrogen-bond donors (Lipinski definition) is 0. The van der Waals surface area contributed by atoms with Gasteiger partial charge in [0.25, 0.3) is 0 Å². The van der Waals surface area contributed by atoms with E-state index in [2.05, 4.69) is 35.9 Å². The fraction of sp³-hybridized carbons (Fsp3) is 0.300. The zero-order chi connectivity index (χ0) is 10.1. The molecule has 4 heteroatoms. The first-order valence-corrected chi connectivity index (χ1v) is 4.54. The molecule has 1 heterocycles. The lowest BCUT2D eigenvalue weighted by atomic mass is 10.2. The van der Waals surface area contributed by atoms with Crippen molar-refractivity contribution in [1.29, 1.82) is 0 Å². The maximum atomic E-state index is 4.08. The van der Waals surface area contributed by atoms with Crippen molar-refractivity contribution in [3.05, 3.63) is 18.2 Å². The summed E-state index contributed by atoms with van der Waals surface area (Å²) in [7, 11) is 0. The van der Waals surface area contributed by atoms with Crippen LogP contribution in [-0.4, -0.2) is 21.7 Å². The Morgan fingerprint density at radius 3 is 2.86 bits per heavy atom. The summed E-state index contributed by atoms with van der Waals surface area (Å²) >= 11 is 0. The zero-order valence-electron chi connectivity index (χ0n) is 8.31. The van der Waals surface area contributed by atoms with Crippen LogP contribution in [0.5, 0.6) is 0 Å². The molecule has 0 aliphatic carbocycles. The molecule has 0 unspecified atom stereocenters. The first-order chi connectivity index (χ1) is 6.74. The normalized spacial score (nSPS) is 11.1. The Morgan fingerprint density at radius 1 is 1.43 bits per heavy atom. The van der Waals surface area contributed by atoms with Gasteiger partial charge in [0, 0.05) is 6.04 Å². The summed E-state index contributed by atoms with van der Waals surface area (Å²) in [6.07, 6.45) is 0. The van der Waals surface area contributed by atoms with Crippen LogP contribution in [0.25, 0.3) is 11.0 Å². The van der Waals surface area contributed by atoms with Crippen molar-refractivity contribution in [2.75, 3.05) is 0 Å². The first kappa shape index (κ1) is 8.87. The third kappa shape index (κ3) is 1.19. The number of benzene rings is 1. The minimum atomic E-state index is 0.280. The molecule has 0 amide bonds. The van der Waals surface area contributed by atoms with Gasteiger partial charge in [0.15, 0.2) is 0 Å². The van der Waals surface area contributed by atoms with Gasteiger partial charge in [0.05, 0.1) is 5.69 Å². The number of aromatic nitrogens is 3. The molecule has 0 atom stereocenters. The predicted octanol–water partition coefficient (Wildman–Crippen LogP) is 2.34. The van der Waals surface area contributed by atoms with Gasteiger partial charge >= 0.3 is 0 Å². The molecule has 4 nitrogen and oxygen atoms in total. The summed E-state index contributed by atoms with van der Waals surface area (Å²) in [5.41, 5.74) is 2.65. The minimum absolute atomic E-state index is 0.280. The summed E-state index contributed by atoms with van der Waals surface area (Å²) in [6, 6.07) is 6.03. The van der Waals surface area contributed by atoms with Crippen LogP contribution in [0.2, 0.25) is 0 Å². The van der Waals surface area contributed by atoms with Crippen molar-refractivity contribution in [1.82, 2.24) is 15.0 Å². The Kier molecular flexibility index (Phi) is 2.04. The van der Waals surface area contributed by atoms with Crippen molar-refractivity contribution in [2.24, 2.45) is 4.99 Å². The highest BCUT2D eigenvalue weighted by Crippen LogP contribution is 2.25. The van der Waals surface area contributed by atoms with Gasteiger partial charge in [-0.15, -0.1) is 5.10 Å². The van der Waals surface area contributed by atoms with Crippen LogP contribution in [0.4, 0.5) is 5.69 Å². The predicted molar refractivity (Wildman–Crippen MR) is 57.1 cm³/mol. The van der Waals surface area contributed by atoms with Crippen LogP contribution >= 0.6 is 0 Å². The Labute approximate surface area is 82.3 Å². The van der Waals surface area contributed by atoms with E-state index in [0.29, 0.717) is 0 Å². The topological polar surface area (TPSA) is 43.1 Å². The fourth-order valence-electron chi connectivity index (χ4n) is 1.47. The number of aliphatic imine (C=N–C) groups is 1. The summed E-state index contributed by atoms with van der Waals surface area (Å²) in [5, 5.41) is 8.16. The number of para-hydroxylation sites is 1. The van der Waals surface area contributed by atoms with E-state index in [-0.39, 0.29) is 6.04 Å². The molecule has 0 aliphatic heterocycles. The standard InChI is InChI=1S/C10H12N4/c1-7(2)14-10-8(11-3)5-4-6-9(10)12-13-14/h4-7H,3H2,1-2H3. The van der Waals surface area contributed by atoms with E-state index in [1.807, 2.05) is 22.9 Å². The Hall–Kier alpha value is -1.71. The van der Waals surface area contributed by atoms with Gasteiger partial charge in [-0.2, -0.15) is 0 Å². The number of fused-ring (bicyclic) bond motifs is 1. The smallest absolute Gasteiger partial charge is 0.115 e. The van der Waals surface area contributed by atoms with Crippen molar-refractivity contribution in [2.45, 2.75) is 19.9 Å². The van der Waals surface area contributed by atoms with Crippen molar-refractivity contribution < 1.29 is 0 Å². The van der Waals surface area contributed by atoms with Gasteiger partial charge in [-0.05, 0) is 32.7 Å². The molecule has 1 aromatic heterocycles. The van der Waals surface area contributed by atoms with Crippen molar-refractivity contribution >= 4 is 23.4 Å².